The highest BCUT2D eigenvalue weighted by Gasteiger charge is 2.28. The fourth-order valence-electron chi connectivity index (χ4n) is 2.72. The summed E-state index contributed by atoms with van der Waals surface area (Å²) in [5.41, 5.74) is 1.14. The summed E-state index contributed by atoms with van der Waals surface area (Å²) in [7, 11) is 0. The van der Waals surface area contributed by atoms with Crippen LogP contribution in [0.2, 0.25) is 5.02 Å². The van der Waals surface area contributed by atoms with Crippen LogP contribution in [0.4, 0.5) is 0 Å². The van der Waals surface area contributed by atoms with Gasteiger partial charge in [0.1, 0.15) is 0 Å². The van der Waals surface area contributed by atoms with E-state index < -0.39 is 0 Å². The van der Waals surface area contributed by atoms with Crippen LogP contribution >= 0.6 is 11.6 Å². The van der Waals surface area contributed by atoms with Gasteiger partial charge in [0, 0.05) is 23.6 Å². The Kier molecular flexibility index (Phi) is 4.37. The Balaban J connectivity index is 1.87. The van der Waals surface area contributed by atoms with E-state index in [1.54, 1.807) is 0 Å². The number of nitrogens with one attached hydrogen (secondary N) is 1. The summed E-state index contributed by atoms with van der Waals surface area (Å²) < 4.78 is 11.5. The van der Waals surface area contributed by atoms with Crippen molar-refractivity contribution in [3.63, 3.8) is 0 Å². The van der Waals surface area contributed by atoms with E-state index in [-0.39, 0.29) is 0 Å². The molecule has 3 rings (SSSR count). The molecule has 0 bridgehead atoms. The first-order valence-electron chi connectivity index (χ1n) is 7.60. The van der Waals surface area contributed by atoms with Gasteiger partial charge in [-0.3, -0.25) is 0 Å². The van der Waals surface area contributed by atoms with Crippen LogP contribution in [0.15, 0.2) is 12.1 Å². The maximum atomic E-state index is 6.47. The number of hydrogen-bond acceptors (Lipinski definition) is 3. The Bertz CT molecular complexity index is 474. The second-order valence-corrected chi connectivity index (χ2v) is 6.07. The quantitative estimate of drug-likeness (QED) is 0.892. The van der Waals surface area contributed by atoms with Gasteiger partial charge >= 0.3 is 0 Å². The molecule has 4 heteroatoms. The maximum Gasteiger partial charge on any atom is 0.162 e. The van der Waals surface area contributed by atoms with Crippen LogP contribution in [0.1, 0.15) is 44.2 Å². The van der Waals surface area contributed by atoms with Gasteiger partial charge in [-0.1, -0.05) is 31.4 Å². The lowest BCUT2D eigenvalue weighted by Crippen LogP contribution is -2.21. The maximum absolute atomic E-state index is 6.47. The van der Waals surface area contributed by atoms with Crippen LogP contribution in [0.3, 0.4) is 0 Å². The van der Waals surface area contributed by atoms with Crippen molar-refractivity contribution >= 4 is 11.6 Å². The lowest BCUT2D eigenvalue weighted by molar-refractivity contribution is 0.297. The zero-order valence-corrected chi connectivity index (χ0v) is 12.7. The Labute approximate surface area is 125 Å². The Morgan fingerprint density at radius 3 is 2.60 bits per heavy atom. The summed E-state index contributed by atoms with van der Waals surface area (Å²) >= 11 is 6.47. The van der Waals surface area contributed by atoms with Gasteiger partial charge in [-0.2, -0.15) is 0 Å². The minimum Gasteiger partial charge on any atom is -0.490 e. The zero-order chi connectivity index (χ0) is 13.9. The van der Waals surface area contributed by atoms with Crippen molar-refractivity contribution in [2.24, 2.45) is 5.92 Å². The summed E-state index contributed by atoms with van der Waals surface area (Å²) in [6.07, 6.45) is 4.78. The topological polar surface area (TPSA) is 30.5 Å². The van der Waals surface area contributed by atoms with Crippen molar-refractivity contribution in [3.05, 3.63) is 22.7 Å². The molecule has 0 aromatic heterocycles. The van der Waals surface area contributed by atoms with Crippen LogP contribution in [0.5, 0.6) is 11.5 Å². The van der Waals surface area contributed by atoms with Gasteiger partial charge in [0.2, 0.25) is 0 Å². The molecule has 1 aromatic rings. The van der Waals surface area contributed by atoms with E-state index in [1.165, 1.54) is 12.8 Å². The summed E-state index contributed by atoms with van der Waals surface area (Å²) in [5.74, 6) is 2.46. The van der Waals surface area contributed by atoms with Gasteiger partial charge in [0.25, 0.3) is 0 Å². The Hall–Kier alpha value is -0.930. The van der Waals surface area contributed by atoms with Crippen LogP contribution in [0, 0.1) is 5.92 Å². The molecule has 1 fully saturated rings. The van der Waals surface area contributed by atoms with Crippen LogP contribution in [-0.4, -0.2) is 19.8 Å². The van der Waals surface area contributed by atoms with Crippen molar-refractivity contribution in [3.8, 4) is 11.5 Å². The van der Waals surface area contributed by atoms with E-state index in [2.05, 4.69) is 18.3 Å². The summed E-state index contributed by atoms with van der Waals surface area (Å²) in [6, 6.07) is 4.30. The third-order valence-corrected chi connectivity index (χ3v) is 4.29. The lowest BCUT2D eigenvalue weighted by Gasteiger charge is -2.21. The first kappa shape index (κ1) is 14.0. The molecule has 2 aliphatic rings. The highest BCUT2D eigenvalue weighted by atomic mass is 35.5. The molecule has 1 heterocycles. The molecular formula is C16H22ClNO2. The second-order valence-electron chi connectivity index (χ2n) is 5.66. The van der Waals surface area contributed by atoms with Crippen molar-refractivity contribution in [1.29, 1.82) is 0 Å². The fraction of sp³-hybridized carbons (Fsp3) is 0.625. The van der Waals surface area contributed by atoms with Crippen LogP contribution < -0.4 is 14.8 Å². The molecule has 0 saturated heterocycles. The average Bonchev–Trinajstić information content (AvgIpc) is 3.24. The number of halogens is 1. The van der Waals surface area contributed by atoms with Gasteiger partial charge in [-0.25, -0.2) is 0 Å². The predicted octanol–water partition coefficient (Wildman–Crippen LogP) is 3.95. The molecule has 1 aliphatic heterocycles. The van der Waals surface area contributed by atoms with Crippen molar-refractivity contribution in [2.75, 3.05) is 19.8 Å². The highest BCUT2D eigenvalue weighted by Crippen LogP contribution is 2.42. The summed E-state index contributed by atoms with van der Waals surface area (Å²) in [4.78, 5) is 0. The number of hydrogen-bond donors (Lipinski definition) is 1. The van der Waals surface area contributed by atoms with Crippen molar-refractivity contribution in [1.82, 2.24) is 5.32 Å². The van der Waals surface area contributed by atoms with E-state index in [0.29, 0.717) is 19.3 Å². The SMILES string of the molecule is CCNC(CC1CC1)c1cc2c(cc1Cl)OCCCO2. The second kappa shape index (κ2) is 6.23. The molecular weight excluding hydrogens is 274 g/mol. The minimum absolute atomic E-state index is 0.317. The third-order valence-electron chi connectivity index (χ3n) is 3.96. The smallest absolute Gasteiger partial charge is 0.162 e. The molecule has 0 spiro atoms. The van der Waals surface area contributed by atoms with Crippen LogP contribution in [-0.2, 0) is 0 Å². The standard InChI is InChI=1S/C16H22ClNO2/c1-2-18-14(8-11-4-5-11)12-9-15-16(10-13(12)17)20-7-3-6-19-15/h9-11,14,18H,2-8H2,1H3. The van der Waals surface area contributed by atoms with Crippen molar-refractivity contribution in [2.45, 2.75) is 38.6 Å². The molecule has 110 valence electrons. The van der Waals surface area contributed by atoms with Gasteiger partial charge < -0.3 is 14.8 Å². The van der Waals surface area contributed by atoms with Gasteiger partial charge in [0.15, 0.2) is 11.5 Å². The molecule has 20 heavy (non-hydrogen) atoms. The van der Waals surface area contributed by atoms with E-state index in [0.717, 1.165) is 47.4 Å². The molecule has 0 radical (unpaired) electrons. The molecule has 1 N–H and O–H groups in total. The Morgan fingerprint density at radius 1 is 1.25 bits per heavy atom. The zero-order valence-electron chi connectivity index (χ0n) is 12.0. The molecule has 1 unspecified atom stereocenters. The largest absolute Gasteiger partial charge is 0.490 e. The van der Waals surface area contributed by atoms with Crippen molar-refractivity contribution < 1.29 is 9.47 Å². The summed E-state index contributed by atoms with van der Waals surface area (Å²) in [6.45, 7) is 4.49. The van der Waals surface area contributed by atoms with Gasteiger partial charge in [-0.05, 0) is 30.5 Å². The van der Waals surface area contributed by atoms with Gasteiger partial charge in [-0.15, -0.1) is 0 Å². The minimum atomic E-state index is 0.317. The monoisotopic (exact) mass is 295 g/mol. The summed E-state index contributed by atoms with van der Waals surface area (Å²) in [5, 5.41) is 4.33. The van der Waals surface area contributed by atoms with Gasteiger partial charge in [0.05, 0.1) is 13.2 Å². The molecule has 1 aromatic carbocycles. The first-order chi connectivity index (χ1) is 9.78. The number of benzene rings is 1. The first-order valence-corrected chi connectivity index (χ1v) is 7.98. The molecule has 1 saturated carbocycles. The number of fused-ring (bicyclic) bond motifs is 1. The normalized spacial score (nSPS) is 19.5. The lowest BCUT2D eigenvalue weighted by atomic mass is 10.0. The number of ether oxygens (including phenoxy) is 2. The molecule has 1 aliphatic carbocycles. The third kappa shape index (κ3) is 3.21. The Morgan fingerprint density at radius 2 is 1.95 bits per heavy atom. The van der Waals surface area contributed by atoms with E-state index in [4.69, 9.17) is 21.1 Å². The highest BCUT2D eigenvalue weighted by molar-refractivity contribution is 6.31. The van der Waals surface area contributed by atoms with E-state index >= 15 is 0 Å². The van der Waals surface area contributed by atoms with E-state index in [9.17, 15) is 0 Å². The molecule has 1 atom stereocenters. The average molecular weight is 296 g/mol. The van der Waals surface area contributed by atoms with Crippen LogP contribution in [0.25, 0.3) is 0 Å². The van der Waals surface area contributed by atoms with E-state index in [1.807, 2.05) is 6.07 Å². The molecule has 3 nitrogen and oxygen atoms in total. The fourth-order valence-corrected chi connectivity index (χ4v) is 3.01. The number of rotatable bonds is 5. The predicted molar refractivity (Wildman–Crippen MR) is 80.8 cm³/mol. The molecule has 0 amide bonds.